The van der Waals surface area contributed by atoms with Crippen molar-refractivity contribution in [2.24, 2.45) is 0 Å². The second-order valence-electron chi connectivity index (χ2n) is 4.00. The van der Waals surface area contributed by atoms with Gasteiger partial charge in [0.1, 0.15) is 23.8 Å². The maximum atomic E-state index is 11.7. The molecule has 0 saturated heterocycles. The van der Waals surface area contributed by atoms with Gasteiger partial charge in [0.15, 0.2) is 0 Å². The standard InChI is InChI=1S/C14H12N4O3/c1-9(14(20)21)18-13(19)11(7-16)8-17-12-5-3-2-4-10(12)6-15/h2-5,8-9,17H,1H3,(H,18,19)(H,20,21)/b11-8-. The number of carboxylic acids is 1. The molecule has 0 aliphatic heterocycles. The van der Waals surface area contributed by atoms with Crippen molar-refractivity contribution < 1.29 is 14.7 Å². The molecular weight excluding hydrogens is 272 g/mol. The first-order valence-corrected chi connectivity index (χ1v) is 5.89. The number of carboxylic acid groups (broad SMARTS) is 1. The van der Waals surface area contributed by atoms with Crippen LogP contribution in [0.1, 0.15) is 12.5 Å². The van der Waals surface area contributed by atoms with Crippen molar-refractivity contribution in [2.45, 2.75) is 13.0 Å². The quantitative estimate of drug-likeness (QED) is 0.546. The summed E-state index contributed by atoms with van der Waals surface area (Å²) < 4.78 is 0. The highest BCUT2D eigenvalue weighted by molar-refractivity contribution is 5.99. The van der Waals surface area contributed by atoms with Gasteiger partial charge in [0.05, 0.1) is 11.3 Å². The molecule has 21 heavy (non-hydrogen) atoms. The number of anilines is 1. The summed E-state index contributed by atoms with van der Waals surface area (Å²) >= 11 is 0. The van der Waals surface area contributed by atoms with Gasteiger partial charge in [0.25, 0.3) is 5.91 Å². The van der Waals surface area contributed by atoms with Gasteiger partial charge < -0.3 is 15.7 Å². The number of hydrogen-bond acceptors (Lipinski definition) is 5. The predicted molar refractivity (Wildman–Crippen MR) is 73.7 cm³/mol. The van der Waals surface area contributed by atoms with Crippen LogP contribution >= 0.6 is 0 Å². The lowest BCUT2D eigenvalue weighted by atomic mass is 10.2. The van der Waals surface area contributed by atoms with Gasteiger partial charge in [-0.1, -0.05) is 12.1 Å². The molecule has 0 heterocycles. The van der Waals surface area contributed by atoms with Gasteiger partial charge in [0.2, 0.25) is 0 Å². The second-order valence-corrected chi connectivity index (χ2v) is 4.00. The summed E-state index contributed by atoms with van der Waals surface area (Å²) in [5.41, 5.74) is 0.494. The number of aliphatic carboxylic acids is 1. The Labute approximate surface area is 121 Å². The van der Waals surface area contributed by atoms with Crippen LogP contribution in [0.5, 0.6) is 0 Å². The van der Waals surface area contributed by atoms with Crippen molar-refractivity contribution in [1.29, 1.82) is 10.5 Å². The third-order valence-corrected chi connectivity index (χ3v) is 2.50. The van der Waals surface area contributed by atoms with E-state index in [-0.39, 0.29) is 5.57 Å². The van der Waals surface area contributed by atoms with Gasteiger partial charge in [-0.25, -0.2) is 0 Å². The number of carbonyl (C=O) groups excluding carboxylic acids is 1. The van der Waals surface area contributed by atoms with Crippen LogP contribution in [-0.4, -0.2) is 23.0 Å². The summed E-state index contributed by atoms with van der Waals surface area (Å²) in [4.78, 5) is 22.3. The Bertz CT molecular complexity index is 668. The number of amides is 1. The number of hydrogen-bond donors (Lipinski definition) is 3. The molecule has 0 aliphatic rings. The van der Waals surface area contributed by atoms with Gasteiger partial charge in [-0.05, 0) is 19.1 Å². The largest absolute Gasteiger partial charge is 0.480 e. The van der Waals surface area contributed by atoms with Crippen LogP contribution in [-0.2, 0) is 9.59 Å². The summed E-state index contributed by atoms with van der Waals surface area (Å²) in [6.07, 6.45) is 1.13. The minimum absolute atomic E-state index is 0.296. The molecule has 1 atom stereocenters. The van der Waals surface area contributed by atoms with Gasteiger partial charge in [-0.3, -0.25) is 9.59 Å². The molecule has 106 valence electrons. The van der Waals surface area contributed by atoms with E-state index in [1.54, 1.807) is 30.3 Å². The van der Waals surface area contributed by atoms with Gasteiger partial charge in [-0.15, -0.1) is 0 Å². The Kier molecular flexibility index (Phi) is 5.48. The van der Waals surface area contributed by atoms with Crippen LogP contribution in [0.2, 0.25) is 0 Å². The van der Waals surface area contributed by atoms with Crippen LogP contribution in [0.15, 0.2) is 36.0 Å². The minimum atomic E-state index is -1.21. The SMILES string of the molecule is CC(NC(=O)/C(C#N)=C\Nc1ccccc1C#N)C(=O)O. The van der Waals surface area contributed by atoms with E-state index in [1.807, 2.05) is 6.07 Å². The third kappa shape index (κ3) is 4.37. The first-order chi connectivity index (χ1) is 9.99. The van der Waals surface area contributed by atoms with E-state index in [2.05, 4.69) is 10.6 Å². The minimum Gasteiger partial charge on any atom is -0.480 e. The summed E-state index contributed by atoms with van der Waals surface area (Å²) in [6.45, 7) is 1.29. The molecule has 0 spiro atoms. The number of para-hydroxylation sites is 1. The monoisotopic (exact) mass is 284 g/mol. The molecule has 1 rings (SSSR count). The van der Waals surface area contributed by atoms with E-state index < -0.39 is 17.9 Å². The van der Waals surface area contributed by atoms with Crippen LogP contribution in [0.3, 0.4) is 0 Å². The highest BCUT2D eigenvalue weighted by Gasteiger charge is 2.17. The molecule has 0 aliphatic carbocycles. The molecule has 3 N–H and O–H groups in total. The molecule has 7 heteroatoms. The van der Waals surface area contributed by atoms with E-state index in [9.17, 15) is 9.59 Å². The average molecular weight is 284 g/mol. The summed E-state index contributed by atoms with van der Waals surface area (Å²) in [5.74, 6) is -2.02. The topological polar surface area (TPSA) is 126 Å². The van der Waals surface area contributed by atoms with E-state index in [0.29, 0.717) is 11.3 Å². The summed E-state index contributed by atoms with van der Waals surface area (Å²) in [6, 6.07) is 9.08. The van der Waals surface area contributed by atoms with E-state index >= 15 is 0 Å². The summed E-state index contributed by atoms with van der Waals surface area (Å²) in [7, 11) is 0. The number of nitriles is 2. The Balaban J connectivity index is 2.86. The van der Waals surface area contributed by atoms with Crippen molar-refractivity contribution in [1.82, 2.24) is 5.32 Å². The van der Waals surface area contributed by atoms with Crippen molar-refractivity contribution in [3.8, 4) is 12.1 Å². The lowest BCUT2D eigenvalue weighted by Gasteiger charge is -2.08. The Morgan fingerprint density at radius 3 is 2.57 bits per heavy atom. The number of nitrogens with zero attached hydrogens (tertiary/aromatic N) is 2. The molecule has 1 unspecified atom stereocenters. The van der Waals surface area contributed by atoms with E-state index in [4.69, 9.17) is 15.6 Å². The van der Waals surface area contributed by atoms with Gasteiger partial charge >= 0.3 is 5.97 Å². The van der Waals surface area contributed by atoms with Crippen LogP contribution < -0.4 is 10.6 Å². The molecule has 0 fully saturated rings. The molecular formula is C14H12N4O3. The molecule has 0 saturated carbocycles. The molecule has 0 radical (unpaired) electrons. The zero-order valence-corrected chi connectivity index (χ0v) is 11.1. The van der Waals surface area contributed by atoms with Crippen LogP contribution in [0, 0.1) is 22.7 Å². The maximum absolute atomic E-state index is 11.7. The molecule has 1 amide bonds. The molecule has 0 bridgehead atoms. The van der Waals surface area contributed by atoms with Crippen molar-refractivity contribution in [3.63, 3.8) is 0 Å². The lowest BCUT2D eigenvalue weighted by Crippen LogP contribution is -2.39. The second kappa shape index (κ2) is 7.31. The fraction of sp³-hybridized carbons (Fsp3) is 0.143. The summed E-state index contributed by atoms with van der Waals surface area (Å²) in [5, 5.41) is 31.4. The highest BCUT2D eigenvalue weighted by atomic mass is 16.4. The lowest BCUT2D eigenvalue weighted by molar-refractivity contribution is -0.140. The molecule has 1 aromatic rings. The predicted octanol–water partition coefficient (Wildman–Crippen LogP) is 0.967. The average Bonchev–Trinajstić information content (AvgIpc) is 2.48. The number of rotatable bonds is 5. The fourth-order valence-corrected chi connectivity index (χ4v) is 1.34. The number of carbonyl (C=O) groups is 2. The normalized spacial score (nSPS) is 11.7. The van der Waals surface area contributed by atoms with E-state index in [0.717, 1.165) is 6.20 Å². The van der Waals surface area contributed by atoms with Crippen LogP contribution in [0.25, 0.3) is 0 Å². The van der Waals surface area contributed by atoms with Gasteiger partial charge in [-0.2, -0.15) is 10.5 Å². The Morgan fingerprint density at radius 1 is 1.33 bits per heavy atom. The molecule has 0 aromatic heterocycles. The molecule has 7 nitrogen and oxygen atoms in total. The van der Waals surface area contributed by atoms with Gasteiger partial charge in [0, 0.05) is 6.20 Å². The fourth-order valence-electron chi connectivity index (χ4n) is 1.34. The molecule has 1 aromatic carbocycles. The van der Waals surface area contributed by atoms with Crippen molar-refractivity contribution in [3.05, 3.63) is 41.6 Å². The smallest absolute Gasteiger partial charge is 0.325 e. The zero-order chi connectivity index (χ0) is 15.8. The van der Waals surface area contributed by atoms with Crippen LogP contribution in [0.4, 0.5) is 5.69 Å². The Hall–Kier alpha value is -3.32. The third-order valence-electron chi connectivity index (χ3n) is 2.50. The zero-order valence-electron chi connectivity index (χ0n) is 11.1. The van der Waals surface area contributed by atoms with Crippen molar-refractivity contribution >= 4 is 17.6 Å². The number of nitrogens with one attached hydrogen (secondary N) is 2. The maximum Gasteiger partial charge on any atom is 0.325 e. The first kappa shape index (κ1) is 15.7. The highest BCUT2D eigenvalue weighted by Crippen LogP contribution is 2.13. The van der Waals surface area contributed by atoms with E-state index in [1.165, 1.54) is 6.92 Å². The number of benzene rings is 1. The Morgan fingerprint density at radius 2 is 2.00 bits per heavy atom. The first-order valence-electron chi connectivity index (χ1n) is 5.89. The van der Waals surface area contributed by atoms with Crippen molar-refractivity contribution in [2.75, 3.05) is 5.32 Å².